The molecule has 66 valence electrons. The summed E-state index contributed by atoms with van der Waals surface area (Å²) in [6.07, 6.45) is 0. The van der Waals surface area contributed by atoms with Crippen LogP contribution in [-0.2, 0) is 11.4 Å². The Morgan fingerprint density at radius 1 is 1.58 bits per heavy atom. The Morgan fingerprint density at radius 2 is 2.33 bits per heavy atom. The predicted molar refractivity (Wildman–Crippen MR) is 49.7 cm³/mol. The lowest BCUT2D eigenvalue weighted by Gasteiger charge is -2.05. The first-order valence-corrected chi connectivity index (χ1v) is 4.27. The topological polar surface area (TPSA) is 41.5 Å². The lowest BCUT2D eigenvalue weighted by atomic mass is 10.2. The van der Waals surface area contributed by atoms with E-state index < -0.39 is 0 Å². The normalized spacial score (nSPS) is 10.2. The van der Waals surface area contributed by atoms with E-state index in [4.69, 9.17) is 0 Å². The zero-order valence-electron chi connectivity index (χ0n) is 6.67. The summed E-state index contributed by atoms with van der Waals surface area (Å²) >= 11 is 3.22. The van der Waals surface area contributed by atoms with Crippen LogP contribution in [0.15, 0.2) is 22.7 Å². The molecule has 0 aromatic heterocycles. The summed E-state index contributed by atoms with van der Waals surface area (Å²) in [6.45, 7) is 0.488. The summed E-state index contributed by atoms with van der Waals surface area (Å²) in [5, 5.41) is 9.48. The van der Waals surface area contributed by atoms with Crippen molar-refractivity contribution in [1.82, 2.24) is 5.48 Å². The molecule has 0 heterocycles. The number of phenols is 1. The predicted octanol–water partition coefficient (Wildman–Crippen LogP) is 1.81. The minimum Gasteiger partial charge on any atom is -0.506 e. The second-order valence-corrected chi connectivity index (χ2v) is 3.13. The summed E-state index contributed by atoms with van der Waals surface area (Å²) in [6, 6.07) is 5.47. The van der Waals surface area contributed by atoms with Gasteiger partial charge in [0, 0.05) is 12.1 Å². The molecule has 0 atom stereocenters. The Labute approximate surface area is 79.4 Å². The molecule has 0 unspecified atom stereocenters. The minimum atomic E-state index is 0.252. The first-order valence-electron chi connectivity index (χ1n) is 3.48. The second-order valence-electron chi connectivity index (χ2n) is 2.27. The molecule has 1 rings (SSSR count). The largest absolute Gasteiger partial charge is 0.506 e. The minimum absolute atomic E-state index is 0.252. The number of nitrogens with one attached hydrogen (secondary N) is 1. The van der Waals surface area contributed by atoms with Gasteiger partial charge in [0.05, 0.1) is 11.6 Å². The number of benzene rings is 1. The Bertz CT molecular complexity index is 265. The number of halogens is 1. The highest BCUT2D eigenvalue weighted by molar-refractivity contribution is 9.10. The lowest BCUT2D eigenvalue weighted by molar-refractivity contribution is 0.0861. The van der Waals surface area contributed by atoms with Crippen LogP contribution in [0.4, 0.5) is 0 Å². The first-order chi connectivity index (χ1) is 5.75. The van der Waals surface area contributed by atoms with Crippen LogP contribution < -0.4 is 5.48 Å². The van der Waals surface area contributed by atoms with Crippen LogP contribution in [0.5, 0.6) is 5.75 Å². The van der Waals surface area contributed by atoms with Gasteiger partial charge in [-0.05, 0) is 22.0 Å². The van der Waals surface area contributed by atoms with Crippen molar-refractivity contribution >= 4 is 15.9 Å². The molecule has 4 heteroatoms. The molecule has 1 aromatic rings. The molecule has 12 heavy (non-hydrogen) atoms. The van der Waals surface area contributed by atoms with Crippen molar-refractivity contribution < 1.29 is 9.94 Å². The molecule has 3 nitrogen and oxygen atoms in total. The van der Waals surface area contributed by atoms with Gasteiger partial charge in [0.25, 0.3) is 0 Å². The molecule has 0 amide bonds. The Hall–Kier alpha value is -0.580. The summed E-state index contributed by atoms with van der Waals surface area (Å²) in [5.41, 5.74) is 3.45. The van der Waals surface area contributed by atoms with Crippen molar-refractivity contribution in [3.8, 4) is 5.75 Å². The number of para-hydroxylation sites is 1. The van der Waals surface area contributed by atoms with Gasteiger partial charge in [-0.2, -0.15) is 5.48 Å². The molecule has 0 fully saturated rings. The summed E-state index contributed by atoms with van der Waals surface area (Å²) in [4.78, 5) is 4.66. The maximum atomic E-state index is 9.48. The standard InChI is InChI=1S/C8H10BrNO2/c1-12-10-5-6-3-2-4-7(9)8(6)11/h2-4,10-11H,5H2,1H3. The quantitative estimate of drug-likeness (QED) is 0.781. The SMILES string of the molecule is CONCc1cccc(Br)c1O. The molecule has 0 aliphatic carbocycles. The summed E-state index contributed by atoms with van der Waals surface area (Å²) in [5.74, 6) is 0.252. The highest BCUT2D eigenvalue weighted by Gasteiger charge is 2.02. The van der Waals surface area contributed by atoms with Crippen LogP contribution in [0, 0.1) is 0 Å². The summed E-state index contributed by atoms with van der Waals surface area (Å²) < 4.78 is 0.693. The molecule has 2 N–H and O–H groups in total. The molecule has 0 spiro atoms. The average Bonchev–Trinajstić information content (AvgIpc) is 2.08. The van der Waals surface area contributed by atoms with Gasteiger partial charge in [0.15, 0.2) is 0 Å². The van der Waals surface area contributed by atoms with Crippen LogP contribution in [0.1, 0.15) is 5.56 Å². The Morgan fingerprint density at radius 3 is 3.00 bits per heavy atom. The van der Waals surface area contributed by atoms with Crippen molar-refractivity contribution in [2.75, 3.05) is 7.11 Å². The fourth-order valence-corrected chi connectivity index (χ4v) is 1.26. The number of hydroxylamine groups is 1. The molecule has 0 aliphatic rings. The molecule has 0 saturated heterocycles. The number of rotatable bonds is 3. The van der Waals surface area contributed by atoms with Crippen LogP contribution in [0.25, 0.3) is 0 Å². The van der Waals surface area contributed by atoms with Gasteiger partial charge in [-0.15, -0.1) is 0 Å². The maximum Gasteiger partial charge on any atom is 0.134 e. The van der Waals surface area contributed by atoms with Crippen molar-refractivity contribution in [1.29, 1.82) is 0 Å². The van der Waals surface area contributed by atoms with Gasteiger partial charge in [0.1, 0.15) is 5.75 Å². The van der Waals surface area contributed by atoms with Gasteiger partial charge in [-0.25, -0.2) is 0 Å². The third-order valence-electron chi connectivity index (χ3n) is 1.48. The molecule has 0 saturated carbocycles. The average molecular weight is 232 g/mol. The van der Waals surface area contributed by atoms with Crippen molar-refractivity contribution in [2.24, 2.45) is 0 Å². The zero-order valence-corrected chi connectivity index (χ0v) is 8.26. The Kier molecular flexibility index (Phi) is 3.52. The highest BCUT2D eigenvalue weighted by atomic mass is 79.9. The first kappa shape index (κ1) is 9.51. The zero-order chi connectivity index (χ0) is 8.97. The van der Waals surface area contributed by atoms with Gasteiger partial charge in [-0.1, -0.05) is 12.1 Å². The van der Waals surface area contributed by atoms with E-state index in [9.17, 15) is 5.11 Å². The lowest BCUT2D eigenvalue weighted by Crippen LogP contribution is -2.10. The number of hydrogen-bond donors (Lipinski definition) is 2. The van der Waals surface area contributed by atoms with E-state index in [0.29, 0.717) is 11.0 Å². The van der Waals surface area contributed by atoms with Crippen LogP contribution in [0.3, 0.4) is 0 Å². The fourth-order valence-electron chi connectivity index (χ4n) is 0.853. The van der Waals surface area contributed by atoms with Crippen LogP contribution >= 0.6 is 15.9 Å². The third-order valence-corrected chi connectivity index (χ3v) is 2.12. The van der Waals surface area contributed by atoms with Gasteiger partial charge >= 0.3 is 0 Å². The molecule has 1 aromatic carbocycles. The molecule has 0 bridgehead atoms. The van der Waals surface area contributed by atoms with E-state index in [2.05, 4.69) is 26.2 Å². The monoisotopic (exact) mass is 231 g/mol. The highest BCUT2D eigenvalue weighted by Crippen LogP contribution is 2.26. The van der Waals surface area contributed by atoms with Crippen LogP contribution in [-0.4, -0.2) is 12.2 Å². The number of hydrogen-bond acceptors (Lipinski definition) is 3. The van der Waals surface area contributed by atoms with E-state index in [1.54, 1.807) is 6.07 Å². The molecular weight excluding hydrogens is 222 g/mol. The van der Waals surface area contributed by atoms with E-state index >= 15 is 0 Å². The van der Waals surface area contributed by atoms with Crippen LogP contribution in [0.2, 0.25) is 0 Å². The van der Waals surface area contributed by atoms with Crippen molar-refractivity contribution in [3.05, 3.63) is 28.2 Å². The molecule has 0 radical (unpaired) electrons. The number of aromatic hydroxyl groups is 1. The van der Waals surface area contributed by atoms with Crippen molar-refractivity contribution in [2.45, 2.75) is 6.54 Å². The molecular formula is C8H10BrNO2. The smallest absolute Gasteiger partial charge is 0.134 e. The van der Waals surface area contributed by atoms with E-state index in [0.717, 1.165) is 5.56 Å². The van der Waals surface area contributed by atoms with Crippen molar-refractivity contribution in [3.63, 3.8) is 0 Å². The van der Waals surface area contributed by atoms with E-state index in [1.807, 2.05) is 12.1 Å². The van der Waals surface area contributed by atoms with Gasteiger partial charge in [-0.3, -0.25) is 0 Å². The summed E-state index contributed by atoms with van der Waals surface area (Å²) in [7, 11) is 1.54. The maximum absolute atomic E-state index is 9.48. The fraction of sp³-hybridized carbons (Fsp3) is 0.250. The Balaban J connectivity index is 2.78. The molecule has 0 aliphatic heterocycles. The second kappa shape index (κ2) is 4.45. The van der Waals surface area contributed by atoms with E-state index in [1.165, 1.54) is 7.11 Å². The van der Waals surface area contributed by atoms with E-state index in [-0.39, 0.29) is 5.75 Å². The third kappa shape index (κ3) is 2.20. The van der Waals surface area contributed by atoms with Gasteiger partial charge in [0.2, 0.25) is 0 Å². The van der Waals surface area contributed by atoms with Gasteiger partial charge < -0.3 is 9.94 Å². The number of phenolic OH excluding ortho intramolecular Hbond substituents is 1.